The van der Waals surface area contributed by atoms with E-state index in [1.807, 2.05) is 30.3 Å². The first-order chi connectivity index (χ1) is 18.7. The second-order valence-corrected chi connectivity index (χ2v) is 9.75. The van der Waals surface area contributed by atoms with Crippen molar-refractivity contribution in [2.24, 2.45) is 5.92 Å². The number of rotatable bonds is 11. The van der Waals surface area contributed by atoms with Crippen molar-refractivity contribution in [3.05, 3.63) is 66.0 Å². The summed E-state index contributed by atoms with van der Waals surface area (Å²) in [7, 11) is 1.34. The maximum atomic E-state index is 13.2. The molecule has 0 aliphatic carbocycles. The SMILES string of the molecule is COC(=O)C(c1ccccc1)C1CCCCN1C(=O)OC[n+]1cccc(C(=O)NCC(=O)CC(C)C(C)=O)c1. The van der Waals surface area contributed by atoms with Gasteiger partial charge in [0.2, 0.25) is 0 Å². The van der Waals surface area contributed by atoms with Crippen LogP contribution in [0, 0.1) is 5.92 Å². The topological polar surface area (TPSA) is 123 Å². The first-order valence-electron chi connectivity index (χ1n) is 13.1. The van der Waals surface area contributed by atoms with Crippen LogP contribution in [0.3, 0.4) is 0 Å². The van der Waals surface area contributed by atoms with Crippen molar-refractivity contribution in [3.8, 4) is 0 Å². The minimum atomic E-state index is -0.634. The number of aromatic nitrogens is 1. The number of amides is 2. The average molecular weight is 539 g/mol. The quantitative estimate of drug-likeness (QED) is 0.345. The van der Waals surface area contributed by atoms with Gasteiger partial charge in [0.15, 0.2) is 18.2 Å². The molecule has 0 radical (unpaired) electrons. The minimum Gasteiger partial charge on any atom is -0.468 e. The zero-order valence-electron chi connectivity index (χ0n) is 22.6. The Balaban J connectivity index is 1.63. The Morgan fingerprint density at radius 3 is 2.51 bits per heavy atom. The van der Waals surface area contributed by atoms with Gasteiger partial charge in [0.25, 0.3) is 12.6 Å². The summed E-state index contributed by atoms with van der Waals surface area (Å²) < 4.78 is 12.2. The van der Waals surface area contributed by atoms with E-state index in [-0.39, 0.29) is 36.8 Å². The Morgan fingerprint density at radius 2 is 1.82 bits per heavy atom. The van der Waals surface area contributed by atoms with Gasteiger partial charge in [-0.2, -0.15) is 4.57 Å². The number of nitrogens with zero attached hydrogens (tertiary/aromatic N) is 2. The van der Waals surface area contributed by atoms with E-state index < -0.39 is 35.8 Å². The zero-order valence-corrected chi connectivity index (χ0v) is 22.6. The van der Waals surface area contributed by atoms with Crippen molar-refractivity contribution in [3.63, 3.8) is 0 Å². The number of hydrogen-bond donors (Lipinski definition) is 1. The molecule has 2 amide bonds. The number of carbonyl (C=O) groups is 5. The van der Waals surface area contributed by atoms with Crippen molar-refractivity contribution in [2.45, 2.75) is 58.2 Å². The van der Waals surface area contributed by atoms with Gasteiger partial charge in [-0.15, -0.1) is 0 Å². The third kappa shape index (κ3) is 8.20. The lowest BCUT2D eigenvalue weighted by Crippen LogP contribution is -2.50. The highest BCUT2D eigenvalue weighted by molar-refractivity contribution is 5.96. The van der Waals surface area contributed by atoms with Gasteiger partial charge in [-0.3, -0.25) is 19.2 Å². The van der Waals surface area contributed by atoms with E-state index in [0.717, 1.165) is 18.4 Å². The fraction of sp³-hybridized carbons (Fsp3) is 0.448. The van der Waals surface area contributed by atoms with Gasteiger partial charge in [0.05, 0.1) is 19.7 Å². The van der Waals surface area contributed by atoms with Crippen LogP contribution in [0.5, 0.6) is 0 Å². The van der Waals surface area contributed by atoms with Crippen molar-refractivity contribution < 1.29 is 38.0 Å². The minimum absolute atomic E-state index is 0.0684. The third-order valence-electron chi connectivity index (χ3n) is 6.91. The Bertz CT molecular complexity index is 1180. The van der Waals surface area contributed by atoms with Crippen LogP contribution in [-0.4, -0.2) is 60.7 Å². The summed E-state index contributed by atoms with van der Waals surface area (Å²) in [6.45, 7) is 3.23. The molecule has 1 aliphatic heterocycles. The molecule has 1 aromatic heterocycles. The number of nitrogens with one attached hydrogen (secondary N) is 1. The molecule has 3 unspecified atom stereocenters. The normalized spacial score (nSPS) is 16.5. The van der Waals surface area contributed by atoms with E-state index in [0.29, 0.717) is 13.0 Å². The molecule has 1 N–H and O–H groups in total. The fourth-order valence-corrected chi connectivity index (χ4v) is 4.62. The lowest BCUT2D eigenvalue weighted by molar-refractivity contribution is -0.727. The molecule has 3 atom stereocenters. The van der Waals surface area contributed by atoms with Crippen molar-refractivity contribution in [1.82, 2.24) is 10.2 Å². The number of piperidine rings is 1. The molecule has 10 heteroatoms. The highest BCUT2D eigenvalue weighted by Crippen LogP contribution is 2.32. The highest BCUT2D eigenvalue weighted by Gasteiger charge is 2.39. The number of hydrogen-bond acceptors (Lipinski definition) is 7. The second-order valence-electron chi connectivity index (χ2n) is 9.75. The molecule has 1 fully saturated rings. The van der Waals surface area contributed by atoms with Crippen LogP contribution in [0.25, 0.3) is 0 Å². The lowest BCUT2D eigenvalue weighted by atomic mass is 9.85. The van der Waals surface area contributed by atoms with Crippen molar-refractivity contribution >= 4 is 29.5 Å². The number of methoxy groups -OCH3 is 1. The van der Waals surface area contributed by atoms with Crippen LogP contribution in [-0.2, 0) is 30.6 Å². The highest BCUT2D eigenvalue weighted by atomic mass is 16.6. The van der Waals surface area contributed by atoms with Gasteiger partial charge >= 0.3 is 12.1 Å². The van der Waals surface area contributed by atoms with Gasteiger partial charge in [-0.05, 0) is 37.8 Å². The Hall–Kier alpha value is -4.08. The van der Waals surface area contributed by atoms with Crippen LogP contribution >= 0.6 is 0 Å². The number of benzene rings is 1. The van der Waals surface area contributed by atoms with Crippen LogP contribution in [0.15, 0.2) is 54.9 Å². The molecule has 10 nitrogen and oxygen atoms in total. The Kier molecular flexibility index (Phi) is 10.7. The number of carbonyl (C=O) groups excluding carboxylic acids is 5. The van der Waals surface area contributed by atoms with Gasteiger partial charge in [-0.25, -0.2) is 4.79 Å². The van der Waals surface area contributed by atoms with Gasteiger partial charge in [0, 0.05) is 24.9 Å². The van der Waals surface area contributed by atoms with E-state index in [1.165, 1.54) is 20.2 Å². The zero-order chi connectivity index (χ0) is 28.4. The average Bonchev–Trinajstić information content (AvgIpc) is 2.95. The van der Waals surface area contributed by atoms with E-state index in [2.05, 4.69) is 5.32 Å². The first-order valence-corrected chi connectivity index (χ1v) is 13.1. The molecule has 3 rings (SSSR count). The second kappa shape index (κ2) is 14.2. The monoisotopic (exact) mass is 538 g/mol. The van der Waals surface area contributed by atoms with Crippen molar-refractivity contribution in [1.29, 1.82) is 0 Å². The third-order valence-corrected chi connectivity index (χ3v) is 6.91. The molecule has 2 aromatic rings. The number of pyridine rings is 1. The Labute approximate surface area is 228 Å². The summed E-state index contributed by atoms with van der Waals surface area (Å²) in [5, 5.41) is 2.56. The van der Waals surface area contributed by atoms with Crippen molar-refractivity contribution in [2.75, 3.05) is 20.2 Å². The predicted molar refractivity (Wildman–Crippen MR) is 140 cm³/mol. The number of ether oxygens (including phenoxy) is 2. The fourth-order valence-electron chi connectivity index (χ4n) is 4.62. The molecule has 0 saturated carbocycles. The van der Waals surface area contributed by atoms with E-state index in [9.17, 15) is 24.0 Å². The number of Topliss-reactive ketones (excluding diaryl/α,β-unsaturated/α-hetero) is 2. The maximum absolute atomic E-state index is 13.2. The first kappa shape index (κ1) is 29.5. The largest absolute Gasteiger partial charge is 0.468 e. The summed E-state index contributed by atoms with van der Waals surface area (Å²) in [5.74, 6) is -2.21. The standard InChI is InChI=1S/C29H35N3O7/c1-20(21(2)33)16-24(34)17-30-27(35)23-12-9-14-31(18-23)19-39-29(37)32-15-8-7-13-25(32)26(28(36)38-3)22-10-5-4-6-11-22/h4-6,9-12,14,18,20,25-26H,7-8,13,15-17,19H2,1-3H3/p+1. The molecule has 0 bridgehead atoms. The molecular formula is C29H36N3O7+. The van der Waals surface area contributed by atoms with E-state index >= 15 is 0 Å². The molecule has 1 aliphatic rings. The molecule has 1 saturated heterocycles. The van der Waals surface area contributed by atoms with Crippen LogP contribution in [0.1, 0.15) is 61.4 Å². The van der Waals surface area contributed by atoms with Crippen LogP contribution in [0.4, 0.5) is 4.79 Å². The Morgan fingerprint density at radius 1 is 1.08 bits per heavy atom. The van der Waals surface area contributed by atoms with Gasteiger partial charge in [-0.1, -0.05) is 37.3 Å². The molecule has 39 heavy (non-hydrogen) atoms. The summed E-state index contributed by atoms with van der Waals surface area (Å²) in [6.07, 6.45) is 4.98. The van der Waals surface area contributed by atoms with Gasteiger partial charge in [0.1, 0.15) is 17.3 Å². The molecular weight excluding hydrogens is 502 g/mol. The maximum Gasteiger partial charge on any atom is 0.414 e. The predicted octanol–water partition coefficient (Wildman–Crippen LogP) is 2.79. The van der Waals surface area contributed by atoms with E-state index in [1.54, 1.807) is 34.7 Å². The molecule has 0 spiro atoms. The summed E-state index contributed by atoms with van der Waals surface area (Å²) in [4.78, 5) is 63.4. The summed E-state index contributed by atoms with van der Waals surface area (Å²) in [5.41, 5.74) is 1.06. The van der Waals surface area contributed by atoms with E-state index in [4.69, 9.17) is 9.47 Å². The molecule has 208 valence electrons. The number of likely N-dealkylation sites (tertiary alicyclic amines) is 1. The lowest BCUT2D eigenvalue weighted by Gasteiger charge is -2.38. The van der Waals surface area contributed by atoms with Crippen LogP contribution < -0.4 is 9.88 Å². The van der Waals surface area contributed by atoms with Crippen LogP contribution in [0.2, 0.25) is 0 Å². The number of ketones is 2. The number of esters is 1. The van der Waals surface area contributed by atoms with Gasteiger partial charge < -0.3 is 19.7 Å². The summed E-state index contributed by atoms with van der Waals surface area (Å²) >= 11 is 0. The summed E-state index contributed by atoms with van der Waals surface area (Å²) in [6, 6.07) is 12.1. The molecule has 1 aromatic carbocycles. The molecule has 2 heterocycles. The smallest absolute Gasteiger partial charge is 0.414 e.